The molecule has 0 saturated heterocycles. The Morgan fingerprint density at radius 1 is 1.44 bits per heavy atom. The van der Waals surface area contributed by atoms with E-state index in [4.69, 9.17) is 10.3 Å². The van der Waals surface area contributed by atoms with Gasteiger partial charge in [0.15, 0.2) is 0 Å². The number of hydrazine groups is 1. The van der Waals surface area contributed by atoms with E-state index in [1.807, 2.05) is 17.8 Å². The first-order chi connectivity index (χ1) is 7.90. The first-order valence-corrected chi connectivity index (χ1v) is 7.05. The molecule has 1 heterocycles. The fourth-order valence-electron chi connectivity index (χ4n) is 2.18. The van der Waals surface area contributed by atoms with Gasteiger partial charge < -0.3 is 4.42 Å². The molecular formula is C12H20N2OS. The van der Waals surface area contributed by atoms with Crippen molar-refractivity contribution in [2.45, 2.75) is 43.4 Å². The van der Waals surface area contributed by atoms with Gasteiger partial charge in [0.05, 0.1) is 18.6 Å². The van der Waals surface area contributed by atoms with Crippen molar-refractivity contribution in [1.29, 1.82) is 0 Å². The van der Waals surface area contributed by atoms with Crippen LogP contribution in [0.25, 0.3) is 0 Å². The first-order valence-electron chi connectivity index (χ1n) is 6.00. The summed E-state index contributed by atoms with van der Waals surface area (Å²) in [7, 11) is 0. The smallest absolute Gasteiger partial charge is 0.0951 e. The predicted molar refractivity (Wildman–Crippen MR) is 68.1 cm³/mol. The Labute approximate surface area is 101 Å². The number of rotatable bonds is 5. The van der Waals surface area contributed by atoms with Crippen LogP contribution in [-0.2, 0) is 0 Å². The Kier molecular flexibility index (Phi) is 4.75. The molecule has 1 aliphatic carbocycles. The largest absolute Gasteiger partial charge is 0.472 e. The summed E-state index contributed by atoms with van der Waals surface area (Å²) in [5.41, 5.74) is 4.01. The fourth-order valence-corrected chi connectivity index (χ4v) is 3.60. The van der Waals surface area contributed by atoms with Gasteiger partial charge in [0.1, 0.15) is 0 Å². The maximum Gasteiger partial charge on any atom is 0.0951 e. The van der Waals surface area contributed by atoms with Gasteiger partial charge in [-0.15, -0.1) is 0 Å². The molecule has 1 aromatic heterocycles. The quantitative estimate of drug-likeness (QED) is 0.614. The van der Waals surface area contributed by atoms with Crippen LogP contribution >= 0.6 is 11.8 Å². The van der Waals surface area contributed by atoms with Crippen molar-refractivity contribution < 1.29 is 4.42 Å². The molecule has 0 spiro atoms. The molecule has 0 radical (unpaired) electrons. The van der Waals surface area contributed by atoms with Crippen LogP contribution in [-0.4, -0.2) is 11.0 Å². The van der Waals surface area contributed by atoms with Gasteiger partial charge in [0.25, 0.3) is 0 Å². The number of hydrogen-bond acceptors (Lipinski definition) is 4. The van der Waals surface area contributed by atoms with Crippen molar-refractivity contribution in [3.8, 4) is 0 Å². The molecule has 3 nitrogen and oxygen atoms in total. The van der Waals surface area contributed by atoms with Crippen LogP contribution in [0.3, 0.4) is 0 Å². The number of nitrogens with two attached hydrogens (primary N) is 1. The van der Waals surface area contributed by atoms with Crippen molar-refractivity contribution >= 4 is 11.8 Å². The van der Waals surface area contributed by atoms with Crippen molar-refractivity contribution in [2.24, 2.45) is 5.84 Å². The summed E-state index contributed by atoms with van der Waals surface area (Å²) in [6, 6.07) is 2.19. The molecule has 0 bridgehead atoms. The van der Waals surface area contributed by atoms with Gasteiger partial charge in [-0.25, -0.2) is 0 Å². The zero-order valence-electron chi connectivity index (χ0n) is 9.52. The van der Waals surface area contributed by atoms with Crippen molar-refractivity contribution in [2.75, 3.05) is 5.75 Å². The van der Waals surface area contributed by atoms with E-state index in [0.29, 0.717) is 0 Å². The van der Waals surface area contributed by atoms with Gasteiger partial charge in [-0.1, -0.05) is 19.3 Å². The molecule has 0 aliphatic heterocycles. The van der Waals surface area contributed by atoms with Crippen LogP contribution in [0.15, 0.2) is 23.0 Å². The molecule has 0 amide bonds. The summed E-state index contributed by atoms with van der Waals surface area (Å²) in [6.45, 7) is 0. The predicted octanol–water partition coefficient (Wildman–Crippen LogP) is 2.85. The molecule has 4 heteroatoms. The SMILES string of the molecule is NNC(CSC1CCCCC1)c1ccoc1. The van der Waals surface area contributed by atoms with Gasteiger partial charge in [-0.05, 0) is 18.9 Å². The van der Waals surface area contributed by atoms with Crippen LogP contribution < -0.4 is 11.3 Å². The molecule has 90 valence electrons. The highest BCUT2D eigenvalue weighted by Crippen LogP contribution is 2.30. The Hall–Kier alpha value is -0.450. The number of hydrogen-bond donors (Lipinski definition) is 2. The van der Waals surface area contributed by atoms with Crippen LogP contribution in [0.1, 0.15) is 43.7 Å². The summed E-state index contributed by atoms with van der Waals surface area (Å²) in [5, 5.41) is 0.830. The van der Waals surface area contributed by atoms with E-state index in [1.165, 1.54) is 32.1 Å². The highest BCUT2D eigenvalue weighted by molar-refractivity contribution is 7.99. The highest BCUT2D eigenvalue weighted by atomic mass is 32.2. The Morgan fingerprint density at radius 3 is 2.88 bits per heavy atom. The summed E-state index contributed by atoms with van der Waals surface area (Å²) >= 11 is 2.04. The van der Waals surface area contributed by atoms with E-state index < -0.39 is 0 Å². The third-order valence-corrected chi connectivity index (χ3v) is 4.67. The van der Waals surface area contributed by atoms with Crippen molar-refractivity contribution in [3.05, 3.63) is 24.2 Å². The summed E-state index contributed by atoms with van der Waals surface area (Å²) in [4.78, 5) is 0. The molecule has 0 aromatic carbocycles. The molecule has 16 heavy (non-hydrogen) atoms. The van der Waals surface area contributed by atoms with Crippen LogP contribution in [0.4, 0.5) is 0 Å². The Balaban J connectivity index is 1.78. The van der Waals surface area contributed by atoms with Gasteiger partial charge in [-0.3, -0.25) is 11.3 Å². The molecule has 3 N–H and O–H groups in total. The molecule has 1 saturated carbocycles. The van der Waals surface area contributed by atoms with Crippen LogP contribution in [0, 0.1) is 0 Å². The normalized spacial score (nSPS) is 19.8. The monoisotopic (exact) mass is 240 g/mol. The highest BCUT2D eigenvalue weighted by Gasteiger charge is 2.17. The second kappa shape index (κ2) is 6.33. The van der Waals surface area contributed by atoms with Gasteiger partial charge >= 0.3 is 0 Å². The fraction of sp³-hybridized carbons (Fsp3) is 0.667. The maximum absolute atomic E-state index is 5.57. The van der Waals surface area contributed by atoms with E-state index in [1.54, 1.807) is 12.5 Å². The number of nitrogens with one attached hydrogen (secondary N) is 1. The van der Waals surface area contributed by atoms with E-state index >= 15 is 0 Å². The van der Waals surface area contributed by atoms with Crippen LogP contribution in [0.2, 0.25) is 0 Å². The van der Waals surface area contributed by atoms with E-state index in [9.17, 15) is 0 Å². The zero-order chi connectivity index (χ0) is 11.2. The second-order valence-corrected chi connectivity index (χ2v) is 5.70. The van der Waals surface area contributed by atoms with Crippen molar-refractivity contribution in [1.82, 2.24) is 5.43 Å². The van der Waals surface area contributed by atoms with Gasteiger partial charge in [-0.2, -0.15) is 11.8 Å². The Morgan fingerprint density at radius 2 is 2.25 bits per heavy atom. The lowest BCUT2D eigenvalue weighted by molar-refractivity contribution is 0.513. The van der Waals surface area contributed by atoms with Gasteiger partial charge in [0, 0.05) is 16.6 Å². The standard InChI is InChI=1S/C12H20N2OS/c13-14-12(10-6-7-15-8-10)9-16-11-4-2-1-3-5-11/h6-8,11-12,14H,1-5,9,13H2. The Bertz CT molecular complexity index is 283. The molecule has 2 rings (SSSR count). The molecule has 1 fully saturated rings. The lowest BCUT2D eigenvalue weighted by Gasteiger charge is -2.23. The average molecular weight is 240 g/mol. The summed E-state index contributed by atoms with van der Waals surface area (Å²) < 4.78 is 5.08. The number of furan rings is 1. The maximum atomic E-state index is 5.57. The average Bonchev–Trinajstić information content (AvgIpc) is 2.85. The lowest BCUT2D eigenvalue weighted by Crippen LogP contribution is -2.30. The van der Waals surface area contributed by atoms with Gasteiger partial charge in [0.2, 0.25) is 0 Å². The molecule has 1 aliphatic rings. The minimum Gasteiger partial charge on any atom is -0.472 e. The second-order valence-electron chi connectivity index (χ2n) is 4.37. The zero-order valence-corrected chi connectivity index (χ0v) is 10.3. The summed E-state index contributed by atoms with van der Waals surface area (Å²) in [6.07, 6.45) is 10.4. The van der Waals surface area contributed by atoms with E-state index in [0.717, 1.165) is 16.6 Å². The third-order valence-electron chi connectivity index (χ3n) is 3.20. The molecular weight excluding hydrogens is 220 g/mol. The lowest BCUT2D eigenvalue weighted by atomic mass is 10.0. The minimum atomic E-state index is 0.214. The third kappa shape index (κ3) is 3.27. The van der Waals surface area contributed by atoms with Crippen LogP contribution in [0.5, 0.6) is 0 Å². The van der Waals surface area contributed by atoms with E-state index in [-0.39, 0.29) is 6.04 Å². The van der Waals surface area contributed by atoms with Crippen molar-refractivity contribution in [3.63, 3.8) is 0 Å². The number of thioether (sulfide) groups is 1. The molecule has 1 unspecified atom stereocenters. The molecule has 1 atom stereocenters. The molecule has 1 aromatic rings. The summed E-state index contributed by atoms with van der Waals surface area (Å²) in [5.74, 6) is 6.60. The minimum absolute atomic E-state index is 0.214. The first kappa shape index (κ1) is 12.0. The van der Waals surface area contributed by atoms with E-state index in [2.05, 4.69) is 5.43 Å². The topological polar surface area (TPSA) is 51.2 Å².